The van der Waals surface area contributed by atoms with Crippen LogP contribution in [0.15, 0.2) is 66.7 Å². The minimum atomic E-state index is 0.107. The molecule has 0 aliphatic carbocycles. The predicted molar refractivity (Wildman–Crippen MR) is 105 cm³/mol. The maximum absolute atomic E-state index is 10.2. The number of benzene rings is 3. The number of ether oxygens (including phenoxy) is 2. The maximum Gasteiger partial charge on any atom is 0.143 e. The van der Waals surface area contributed by atoms with Gasteiger partial charge in [0.05, 0.1) is 31.1 Å². The van der Waals surface area contributed by atoms with Crippen molar-refractivity contribution in [1.82, 2.24) is 9.97 Å². The van der Waals surface area contributed by atoms with Crippen LogP contribution in [0.3, 0.4) is 0 Å². The lowest BCUT2D eigenvalue weighted by atomic mass is 10.0. The molecule has 0 spiro atoms. The molecule has 0 fully saturated rings. The van der Waals surface area contributed by atoms with E-state index in [-0.39, 0.29) is 5.75 Å². The van der Waals surface area contributed by atoms with E-state index in [0.29, 0.717) is 16.7 Å². The highest BCUT2D eigenvalue weighted by Gasteiger charge is 2.15. The van der Waals surface area contributed by atoms with Crippen molar-refractivity contribution in [2.75, 3.05) is 14.2 Å². The number of hydrogen-bond acceptors (Lipinski definition) is 5. The summed E-state index contributed by atoms with van der Waals surface area (Å²) in [6.45, 7) is 0. The van der Waals surface area contributed by atoms with E-state index in [4.69, 9.17) is 19.4 Å². The molecule has 3 aromatic carbocycles. The molecule has 0 saturated carbocycles. The summed E-state index contributed by atoms with van der Waals surface area (Å²) in [5.41, 5.74) is 4.34. The Balaban J connectivity index is 1.96. The highest BCUT2D eigenvalue weighted by atomic mass is 16.5. The van der Waals surface area contributed by atoms with Gasteiger partial charge in [-0.25, -0.2) is 9.97 Å². The van der Waals surface area contributed by atoms with Crippen LogP contribution >= 0.6 is 0 Å². The normalized spacial score (nSPS) is 10.7. The standard InChI is InChI=1S/C22H18N2O3/c1-26-16-10-6-14(7-11-16)20-21(15-8-12-17(27-2)13-9-15)24-22-18(23-20)4-3-5-19(22)25/h3-13,25H,1-2H3. The molecule has 134 valence electrons. The maximum atomic E-state index is 10.2. The fourth-order valence-electron chi connectivity index (χ4n) is 2.96. The summed E-state index contributed by atoms with van der Waals surface area (Å²) >= 11 is 0. The summed E-state index contributed by atoms with van der Waals surface area (Å²) in [5.74, 6) is 1.65. The molecular formula is C22H18N2O3. The number of para-hydroxylation sites is 1. The van der Waals surface area contributed by atoms with Gasteiger partial charge in [-0.2, -0.15) is 0 Å². The fraction of sp³-hybridized carbons (Fsp3) is 0.0909. The number of hydrogen-bond donors (Lipinski definition) is 1. The van der Waals surface area contributed by atoms with Crippen molar-refractivity contribution >= 4 is 11.0 Å². The van der Waals surface area contributed by atoms with Gasteiger partial charge in [-0.1, -0.05) is 6.07 Å². The average molecular weight is 358 g/mol. The summed E-state index contributed by atoms with van der Waals surface area (Å²) in [4.78, 5) is 9.52. The van der Waals surface area contributed by atoms with Gasteiger partial charge < -0.3 is 14.6 Å². The van der Waals surface area contributed by atoms with Crippen LogP contribution in [0.4, 0.5) is 0 Å². The average Bonchev–Trinajstić information content (AvgIpc) is 2.73. The molecular weight excluding hydrogens is 340 g/mol. The molecule has 1 heterocycles. The van der Waals surface area contributed by atoms with E-state index in [1.807, 2.05) is 54.6 Å². The molecule has 0 unspecified atom stereocenters. The van der Waals surface area contributed by atoms with E-state index >= 15 is 0 Å². The number of rotatable bonds is 4. The summed E-state index contributed by atoms with van der Waals surface area (Å²) in [5, 5.41) is 10.2. The molecule has 4 rings (SSSR count). The van der Waals surface area contributed by atoms with Gasteiger partial charge in [0.1, 0.15) is 22.8 Å². The number of phenolic OH excluding ortho intramolecular Hbond substituents is 1. The number of methoxy groups -OCH3 is 2. The monoisotopic (exact) mass is 358 g/mol. The highest BCUT2D eigenvalue weighted by molar-refractivity contribution is 5.89. The third-order valence-corrected chi connectivity index (χ3v) is 4.40. The SMILES string of the molecule is COc1ccc(-c2nc3cccc(O)c3nc2-c2ccc(OC)cc2)cc1. The molecule has 4 aromatic rings. The minimum Gasteiger partial charge on any atom is -0.506 e. The van der Waals surface area contributed by atoms with Crippen molar-refractivity contribution in [2.45, 2.75) is 0 Å². The lowest BCUT2D eigenvalue weighted by molar-refractivity contribution is 0.414. The van der Waals surface area contributed by atoms with E-state index in [1.54, 1.807) is 26.4 Å². The van der Waals surface area contributed by atoms with Crippen LogP contribution in [-0.4, -0.2) is 29.3 Å². The predicted octanol–water partition coefficient (Wildman–Crippen LogP) is 4.69. The first-order valence-corrected chi connectivity index (χ1v) is 8.48. The van der Waals surface area contributed by atoms with Crippen LogP contribution in [-0.2, 0) is 0 Å². The van der Waals surface area contributed by atoms with Gasteiger partial charge in [0.25, 0.3) is 0 Å². The van der Waals surface area contributed by atoms with Crippen LogP contribution in [0.25, 0.3) is 33.5 Å². The molecule has 0 saturated heterocycles. The van der Waals surface area contributed by atoms with Gasteiger partial charge >= 0.3 is 0 Å². The van der Waals surface area contributed by atoms with Gasteiger partial charge in [-0.05, 0) is 60.7 Å². The quantitative estimate of drug-likeness (QED) is 0.573. The Bertz CT molecular complexity index is 1090. The second kappa shape index (κ2) is 6.96. The third-order valence-electron chi connectivity index (χ3n) is 4.40. The summed E-state index contributed by atoms with van der Waals surface area (Å²) in [6, 6.07) is 20.5. The van der Waals surface area contributed by atoms with Crippen molar-refractivity contribution in [2.24, 2.45) is 0 Å². The molecule has 5 heteroatoms. The van der Waals surface area contributed by atoms with Crippen LogP contribution in [0, 0.1) is 0 Å². The zero-order valence-corrected chi connectivity index (χ0v) is 15.0. The first-order chi connectivity index (χ1) is 13.2. The molecule has 0 aliphatic rings. The first kappa shape index (κ1) is 16.8. The van der Waals surface area contributed by atoms with E-state index in [9.17, 15) is 5.11 Å². The number of fused-ring (bicyclic) bond motifs is 1. The third kappa shape index (κ3) is 3.15. The Kier molecular flexibility index (Phi) is 4.34. The molecule has 1 N–H and O–H groups in total. The second-order valence-electron chi connectivity index (χ2n) is 6.02. The van der Waals surface area contributed by atoms with E-state index in [0.717, 1.165) is 28.3 Å². The summed E-state index contributed by atoms with van der Waals surface area (Å²) in [6.07, 6.45) is 0. The first-order valence-electron chi connectivity index (χ1n) is 8.48. The van der Waals surface area contributed by atoms with Gasteiger partial charge in [0.2, 0.25) is 0 Å². The number of nitrogens with zero attached hydrogens (tertiary/aromatic N) is 2. The summed E-state index contributed by atoms with van der Waals surface area (Å²) in [7, 11) is 3.27. The Labute approximate surface area is 156 Å². The van der Waals surface area contributed by atoms with Crippen molar-refractivity contribution in [3.63, 3.8) is 0 Å². The smallest absolute Gasteiger partial charge is 0.143 e. The Morgan fingerprint density at radius 3 is 1.70 bits per heavy atom. The lowest BCUT2D eigenvalue weighted by Gasteiger charge is -2.12. The van der Waals surface area contributed by atoms with Crippen LogP contribution < -0.4 is 9.47 Å². The minimum absolute atomic E-state index is 0.107. The Hall–Kier alpha value is -3.60. The molecule has 0 radical (unpaired) electrons. The van der Waals surface area contributed by atoms with Gasteiger partial charge in [0, 0.05) is 11.1 Å². The molecule has 5 nitrogen and oxygen atoms in total. The van der Waals surface area contributed by atoms with Crippen LogP contribution in [0.1, 0.15) is 0 Å². The Morgan fingerprint density at radius 1 is 0.667 bits per heavy atom. The van der Waals surface area contributed by atoms with Crippen LogP contribution in [0.5, 0.6) is 17.2 Å². The second-order valence-corrected chi connectivity index (χ2v) is 6.02. The van der Waals surface area contributed by atoms with Crippen molar-refractivity contribution < 1.29 is 14.6 Å². The van der Waals surface area contributed by atoms with Gasteiger partial charge in [-0.3, -0.25) is 0 Å². The largest absolute Gasteiger partial charge is 0.506 e. The number of aromatic hydroxyl groups is 1. The van der Waals surface area contributed by atoms with Crippen LogP contribution in [0.2, 0.25) is 0 Å². The van der Waals surface area contributed by atoms with Crippen molar-refractivity contribution in [1.29, 1.82) is 0 Å². The van der Waals surface area contributed by atoms with Gasteiger partial charge in [0.15, 0.2) is 0 Å². The topological polar surface area (TPSA) is 64.5 Å². The van der Waals surface area contributed by atoms with E-state index in [2.05, 4.69) is 0 Å². The molecule has 0 bridgehead atoms. The van der Waals surface area contributed by atoms with Crippen molar-refractivity contribution in [3.05, 3.63) is 66.7 Å². The number of phenols is 1. The molecule has 27 heavy (non-hydrogen) atoms. The molecule has 0 amide bonds. The van der Waals surface area contributed by atoms with E-state index < -0.39 is 0 Å². The van der Waals surface area contributed by atoms with Gasteiger partial charge in [-0.15, -0.1) is 0 Å². The zero-order valence-electron chi connectivity index (χ0n) is 15.0. The fourth-order valence-corrected chi connectivity index (χ4v) is 2.96. The van der Waals surface area contributed by atoms with E-state index in [1.165, 1.54) is 0 Å². The Morgan fingerprint density at radius 2 is 1.19 bits per heavy atom. The zero-order chi connectivity index (χ0) is 18.8. The van der Waals surface area contributed by atoms with Crippen molar-refractivity contribution in [3.8, 4) is 39.8 Å². The summed E-state index contributed by atoms with van der Waals surface area (Å²) < 4.78 is 10.5. The number of aromatic nitrogens is 2. The highest BCUT2D eigenvalue weighted by Crippen LogP contribution is 2.34. The molecule has 1 aromatic heterocycles. The molecule has 0 aliphatic heterocycles. The lowest BCUT2D eigenvalue weighted by Crippen LogP contribution is -1.96. The molecule has 0 atom stereocenters.